The average molecular weight is 286 g/mol. The Morgan fingerprint density at radius 1 is 1.10 bits per heavy atom. The molecule has 0 atom stereocenters. The molecule has 0 aliphatic rings. The summed E-state index contributed by atoms with van der Waals surface area (Å²) in [7, 11) is 0. The number of fused-ring (bicyclic) bond motifs is 1. The number of thiophene rings is 1. The molecule has 3 nitrogen and oxygen atoms in total. The highest BCUT2D eigenvalue weighted by atomic mass is 32.1. The van der Waals surface area contributed by atoms with Crippen molar-refractivity contribution in [2.45, 2.75) is 20.8 Å². The molecule has 3 rings (SSSR count). The maximum absolute atomic E-state index is 5.87. The Labute approximate surface area is 123 Å². The van der Waals surface area contributed by atoms with Gasteiger partial charge in [0.25, 0.3) is 0 Å². The fourth-order valence-corrected chi connectivity index (χ4v) is 2.70. The van der Waals surface area contributed by atoms with E-state index in [1.54, 1.807) is 17.5 Å². The minimum atomic E-state index is 0.731. The third-order valence-corrected chi connectivity index (χ3v) is 3.66. The summed E-state index contributed by atoms with van der Waals surface area (Å²) in [6.07, 6.45) is 1.77. The van der Waals surface area contributed by atoms with Gasteiger partial charge in [0, 0.05) is 22.8 Å². The van der Waals surface area contributed by atoms with E-state index in [1.807, 2.05) is 44.2 Å². The quantitative estimate of drug-likeness (QED) is 0.674. The minimum Gasteiger partial charge on any atom is -0.456 e. The molecule has 0 aliphatic carbocycles. The van der Waals surface area contributed by atoms with E-state index in [2.05, 4.69) is 18.0 Å². The summed E-state index contributed by atoms with van der Waals surface area (Å²) >= 11 is 1.69. The number of nitrogen functional groups attached to an aromatic ring is 1. The van der Waals surface area contributed by atoms with Crippen LogP contribution in [0.2, 0.25) is 0 Å². The van der Waals surface area contributed by atoms with Crippen molar-refractivity contribution in [3.8, 4) is 11.5 Å². The SMILES string of the molecule is CC.Cc1cc2nccc(Oc3ccc(N)cc3)c2s1. The molecule has 0 amide bonds. The number of ether oxygens (including phenoxy) is 1. The second-order valence-corrected chi connectivity index (χ2v) is 5.31. The van der Waals surface area contributed by atoms with E-state index in [9.17, 15) is 0 Å². The number of aryl methyl sites for hydroxylation is 1. The molecule has 2 aromatic heterocycles. The van der Waals surface area contributed by atoms with Crippen molar-refractivity contribution < 1.29 is 4.74 Å². The van der Waals surface area contributed by atoms with Gasteiger partial charge in [0.2, 0.25) is 0 Å². The van der Waals surface area contributed by atoms with Crippen LogP contribution < -0.4 is 10.5 Å². The van der Waals surface area contributed by atoms with Crippen LogP contribution in [0.5, 0.6) is 11.5 Å². The molecular formula is C16H18N2OS. The van der Waals surface area contributed by atoms with Crippen LogP contribution in [-0.2, 0) is 0 Å². The van der Waals surface area contributed by atoms with E-state index in [4.69, 9.17) is 10.5 Å². The zero-order valence-corrected chi connectivity index (χ0v) is 12.7. The highest BCUT2D eigenvalue weighted by molar-refractivity contribution is 7.19. The topological polar surface area (TPSA) is 48.1 Å². The van der Waals surface area contributed by atoms with Crippen molar-refractivity contribution in [1.82, 2.24) is 4.98 Å². The van der Waals surface area contributed by atoms with Gasteiger partial charge < -0.3 is 10.5 Å². The van der Waals surface area contributed by atoms with Crippen LogP contribution >= 0.6 is 11.3 Å². The van der Waals surface area contributed by atoms with Crippen LogP contribution in [0.25, 0.3) is 10.2 Å². The molecule has 0 saturated heterocycles. The van der Waals surface area contributed by atoms with E-state index in [1.165, 1.54) is 4.88 Å². The largest absolute Gasteiger partial charge is 0.456 e. The van der Waals surface area contributed by atoms with Gasteiger partial charge >= 0.3 is 0 Å². The molecular weight excluding hydrogens is 268 g/mol. The van der Waals surface area contributed by atoms with Gasteiger partial charge in [-0.1, -0.05) is 13.8 Å². The van der Waals surface area contributed by atoms with Gasteiger partial charge in [-0.2, -0.15) is 0 Å². The zero-order valence-electron chi connectivity index (χ0n) is 11.9. The smallest absolute Gasteiger partial charge is 0.148 e. The molecule has 4 heteroatoms. The summed E-state index contributed by atoms with van der Waals surface area (Å²) in [5, 5.41) is 0. The molecule has 20 heavy (non-hydrogen) atoms. The molecule has 0 unspecified atom stereocenters. The molecule has 2 N–H and O–H groups in total. The summed E-state index contributed by atoms with van der Waals surface area (Å²) in [6.45, 7) is 6.07. The Bertz CT molecular complexity index is 689. The lowest BCUT2D eigenvalue weighted by atomic mass is 10.3. The van der Waals surface area contributed by atoms with E-state index in [0.717, 1.165) is 27.4 Å². The van der Waals surface area contributed by atoms with Crippen molar-refractivity contribution in [2.24, 2.45) is 0 Å². The number of hydrogen-bond acceptors (Lipinski definition) is 4. The number of nitrogens with zero attached hydrogens (tertiary/aromatic N) is 1. The third-order valence-electron chi connectivity index (χ3n) is 2.61. The molecule has 0 aliphatic heterocycles. The highest BCUT2D eigenvalue weighted by Gasteiger charge is 2.07. The molecule has 0 saturated carbocycles. The fourth-order valence-electron chi connectivity index (χ4n) is 1.78. The lowest BCUT2D eigenvalue weighted by Crippen LogP contribution is -1.87. The molecule has 0 fully saturated rings. The summed E-state index contributed by atoms with van der Waals surface area (Å²) in [6, 6.07) is 11.3. The number of anilines is 1. The standard InChI is InChI=1S/C14H12N2OS.C2H6/c1-9-8-12-14(18-9)13(6-7-16-12)17-11-4-2-10(15)3-5-11;1-2/h2-8H,15H2,1H3;1-2H3. The number of rotatable bonds is 2. The van der Waals surface area contributed by atoms with Crippen LogP contribution in [0.3, 0.4) is 0 Å². The zero-order chi connectivity index (χ0) is 14.5. The molecule has 0 spiro atoms. The van der Waals surface area contributed by atoms with Crippen LogP contribution in [0.4, 0.5) is 5.69 Å². The summed E-state index contributed by atoms with van der Waals surface area (Å²) in [4.78, 5) is 5.56. The van der Waals surface area contributed by atoms with Crippen LogP contribution in [0, 0.1) is 6.92 Å². The predicted octanol–water partition coefficient (Wildman–Crippen LogP) is 5.01. The first kappa shape index (κ1) is 14.3. The maximum atomic E-state index is 5.87. The van der Waals surface area contributed by atoms with Crippen molar-refractivity contribution >= 4 is 27.2 Å². The van der Waals surface area contributed by atoms with E-state index < -0.39 is 0 Å². The van der Waals surface area contributed by atoms with Gasteiger partial charge in [-0.25, -0.2) is 0 Å². The molecule has 3 aromatic rings. The van der Waals surface area contributed by atoms with Crippen LogP contribution in [-0.4, -0.2) is 4.98 Å². The molecule has 104 valence electrons. The molecule has 2 heterocycles. The third kappa shape index (κ3) is 3.08. The van der Waals surface area contributed by atoms with Crippen molar-refractivity contribution in [1.29, 1.82) is 0 Å². The van der Waals surface area contributed by atoms with Crippen LogP contribution in [0.1, 0.15) is 18.7 Å². The second-order valence-electron chi connectivity index (χ2n) is 4.05. The van der Waals surface area contributed by atoms with E-state index in [-0.39, 0.29) is 0 Å². The minimum absolute atomic E-state index is 0.731. The van der Waals surface area contributed by atoms with Gasteiger partial charge in [-0.05, 0) is 37.3 Å². The van der Waals surface area contributed by atoms with Crippen molar-refractivity contribution in [3.63, 3.8) is 0 Å². The Kier molecular flexibility index (Phi) is 4.58. The monoisotopic (exact) mass is 286 g/mol. The number of nitrogens with two attached hydrogens (primary N) is 1. The van der Waals surface area contributed by atoms with Gasteiger partial charge in [0.15, 0.2) is 0 Å². The van der Waals surface area contributed by atoms with E-state index in [0.29, 0.717) is 0 Å². The predicted molar refractivity (Wildman–Crippen MR) is 86.6 cm³/mol. The Morgan fingerprint density at radius 3 is 2.50 bits per heavy atom. The maximum Gasteiger partial charge on any atom is 0.148 e. The van der Waals surface area contributed by atoms with E-state index >= 15 is 0 Å². The lowest BCUT2D eigenvalue weighted by Gasteiger charge is -2.06. The first-order valence-electron chi connectivity index (χ1n) is 6.61. The first-order chi connectivity index (χ1) is 9.72. The second kappa shape index (κ2) is 6.39. The summed E-state index contributed by atoms with van der Waals surface area (Å²) in [5.41, 5.74) is 7.36. The average Bonchev–Trinajstić information content (AvgIpc) is 2.85. The summed E-state index contributed by atoms with van der Waals surface area (Å²) < 4.78 is 6.95. The first-order valence-corrected chi connectivity index (χ1v) is 7.42. The number of pyridine rings is 1. The fraction of sp³-hybridized carbons (Fsp3) is 0.188. The summed E-state index contributed by atoms with van der Waals surface area (Å²) in [5.74, 6) is 1.62. The highest BCUT2D eigenvalue weighted by Crippen LogP contribution is 2.34. The molecule has 0 radical (unpaired) electrons. The number of hydrogen-bond donors (Lipinski definition) is 1. The van der Waals surface area contributed by atoms with Gasteiger partial charge in [-0.15, -0.1) is 11.3 Å². The number of benzene rings is 1. The van der Waals surface area contributed by atoms with Gasteiger partial charge in [0.05, 0.1) is 10.2 Å². The Morgan fingerprint density at radius 2 is 1.80 bits per heavy atom. The Hall–Kier alpha value is -2.07. The molecule has 1 aromatic carbocycles. The van der Waals surface area contributed by atoms with Crippen molar-refractivity contribution in [2.75, 3.05) is 5.73 Å². The number of aromatic nitrogens is 1. The molecule has 0 bridgehead atoms. The van der Waals surface area contributed by atoms with Gasteiger partial charge in [0.1, 0.15) is 11.5 Å². The normalized spacial score (nSPS) is 9.95. The lowest BCUT2D eigenvalue weighted by molar-refractivity contribution is 0.489. The Balaban J connectivity index is 0.000000704. The van der Waals surface area contributed by atoms with Gasteiger partial charge in [-0.3, -0.25) is 4.98 Å². The van der Waals surface area contributed by atoms with Crippen LogP contribution in [0.15, 0.2) is 42.6 Å². The van der Waals surface area contributed by atoms with Crippen molar-refractivity contribution in [3.05, 3.63) is 47.5 Å².